The number of esters is 1. The molecule has 1 N–H and O–H groups in total. The number of hydrogen-bond acceptors (Lipinski definition) is 6. The maximum atomic E-state index is 12.8. The van der Waals surface area contributed by atoms with Crippen LogP contribution < -0.4 is 10.2 Å². The number of benzene rings is 2. The minimum Gasteiger partial charge on any atom is -0.465 e. The van der Waals surface area contributed by atoms with E-state index in [9.17, 15) is 19.7 Å². The van der Waals surface area contributed by atoms with Crippen LogP contribution in [0.4, 0.5) is 17.1 Å². The number of methoxy groups -OCH3 is 1. The van der Waals surface area contributed by atoms with Crippen LogP contribution in [0.2, 0.25) is 0 Å². The Bertz CT molecular complexity index is 989. The molecule has 3 rings (SSSR count). The van der Waals surface area contributed by atoms with Gasteiger partial charge in [0.25, 0.3) is 11.6 Å². The number of nitro groups is 1. The van der Waals surface area contributed by atoms with Gasteiger partial charge in [0, 0.05) is 30.4 Å². The fourth-order valence-corrected chi connectivity index (χ4v) is 3.68. The lowest BCUT2D eigenvalue weighted by Gasteiger charge is -2.32. The SMILES string of the molecule is COC(=O)c1ccc(C)c(NC(=O)c2ccc(N3CCC[C@H](C)C3)c([N+](=O)[O-])c2)c1. The molecule has 0 radical (unpaired) electrons. The molecule has 158 valence electrons. The zero-order valence-corrected chi connectivity index (χ0v) is 17.3. The Morgan fingerprint density at radius 2 is 1.93 bits per heavy atom. The molecule has 0 aromatic heterocycles. The monoisotopic (exact) mass is 411 g/mol. The first-order valence-electron chi connectivity index (χ1n) is 9.84. The molecule has 1 aliphatic rings. The maximum Gasteiger partial charge on any atom is 0.337 e. The van der Waals surface area contributed by atoms with Crippen molar-refractivity contribution in [2.24, 2.45) is 5.92 Å². The fourth-order valence-electron chi connectivity index (χ4n) is 3.68. The highest BCUT2D eigenvalue weighted by molar-refractivity contribution is 6.06. The van der Waals surface area contributed by atoms with Gasteiger partial charge in [0.15, 0.2) is 0 Å². The van der Waals surface area contributed by atoms with Gasteiger partial charge in [-0.1, -0.05) is 13.0 Å². The molecule has 2 aromatic rings. The predicted octanol–water partition coefficient (Wildman–Crippen LogP) is 4.18. The van der Waals surface area contributed by atoms with Crippen LogP contribution in [0.25, 0.3) is 0 Å². The van der Waals surface area contributed by atoms with Gasteiger partial charge in [-0.25, -0.2) is 4.79 Å². The summed E-state index contributed by atoms with van der Waals surface area (Å²) in [6, 6.07) is 9.38. The first kappa shape index (κ1) is 21.3. The maximum absolute atomic E-state index is 12.8. The number of aryl methyl sites for hydroxylation is 1. The highest BCUT2D eigenvalue weighted by Crippen LogP contribution is 2.32. The first-order valence-corrected chi connectivity index (χ1v) is 9.84. The normalized spacial score (nSPS) is 16.1. The van der Waals surface area contributed by atoms with E-state index in [4.69, 9.17) is 4.74 Å². The van der Waals surface area contributed by atoms with Crippen molar-refractivity contribution in [1.29, 1.82) is 0 Å². The number of nitrogens with one attached hydrogen (secondary N) is 1. The molecule has 1 atom stereocenters. The predicted molar refractivity (Wildman–Crippen MR) is 114 cm³/mol. The van der Waals surface area contributed by atoms with E-state index in [1.165, 1.54) is 19.2 Å². The third-order valence-electron chi connectivity index (χ3n) is 5.34. The van der Waals surface area contributed by atoms with Crippen LogP contribution in [-0.2, 0) is 4.74 Å². The van der Waals surface area contributed by atoms with E-state index >= 15 is 0 Å². The number of rotatable bonds is 5. The van der Waals surface area contributed by atoms with Crippen molar-refractivity contribution >= 4 is 28.9 Å². The van der Waals surface area contributed by atoms with Crippen LogP contribution in [0.5, 0.6) is 0 Å². The van der Waals surface area contributed by atoms with Gasteiger partial charge in [0.1, 0.15) is 5.69 Å². The van der Waals surface area contributed by atoms with Gasteiger partial charge in [0.05, 0.1) is 17.6 Å². The molecule has 0 unspecified atom stereocenters. The van der Waals surface area contributed by atoms with Gasteiger partial charge < -0.3 is 15.0 Å². The van der Waals surface area contributed by atoms with Gasteiger partial charge in [-0.3, -0.25) is 14.9 Å². The second-order valence-corrected chi connectivity index (χ2v) is 7.63. The van der Waals surface area contributed by atoms with Crippen molar-refractivity contribution < 1.29 is 19.2 Å². The lowest BCUT2D eigenvalue weighted by Crippen LogP contribution is -2.34. The van der Waals surface area contributed by atoms with Crippen LogP contribution in [0.15, 0.2) is 36.4 Å². The van der Waals surface area contributed by atoms with Gasteiger partial charge in [0.2, 0.25) is 0 Å². The molecule has 1 fully saturated rings. The van der Waals surface area contributed by atoms with Crippen LogP contribution in [0.1, 0.15) is 46.0 Å². The highest BCUT2D eigenvalue weighted by Gasteiger charge is 2.25. The summed E-state index contributed by atoms with van der Waals surface area (Å²) in [4.78, 5) is 37.8. The van der Waals surface area contributed by atoms with Crippen LogP contribution >= 0.6 is 0 Å². The van der Waals surface area contributed by atoms with E-state index in [-0.39, 0.29) is 11.3 Å². The van der Waals surface area contributed by atoms with E-state index in [0.29, 0.717) is 22.9 Å². The van der Waals surface area contributed by atoms with Gasteiger partial charge in [-0.05, 0) is 55.5 Å². The zero-order chi connectivity index (χ0) is 21.8. The molecule has 0 saturated carbocycles. The summed E-state index contributed by atoms with van der Waals surface area (Å²) in [7, 11) is 1.28. The van der Waals surface area contributed by atoms with E-state index in [2.05, 4.69) is 12.2 Å². The Morgan fingerprint density at radius 3 is 2.60 bits per heavy atom. The summed E-state index contributed by atoms with van der Waals surface area (Å²) in [6.07, 6.45) is 2.09. The largest absolute Gasteiger partial charge is 0.465 e. The van der Waals surface area contributed by atoms with Crippen molar-refractivity contribution in [3.8, 4) is 0 Å². The van der Waals surface area contributed by atoms with E-state index in [1.54, 1.807) is 31.2 Å². The Hall–Kier alpha value is -3.42. The Kier molecular flexibility index (Phi) is 6.34. The highest BCUT2D eigenvalue weighted by atomic mass is 16.6. The molecule has 1 saturated heterocycles. The molecule has 8 heteroatoms. The molecule has 1 heterocycles. The third-order valence-corrected chi connectivity index (χ3v) is 5.34. The third kappa shape index (κ3) is 4.59. The van der Waals surface area contributed by atoms with Gasteiger partial charge >= 0.3 is 5.97 Å². The fraction of sp³-hybridized carbons (Fsp3) is 0.364. The van der Waals surface area contributed by atoms with Crippen molar-refractivity contribution in [2.75, 3.05) is 30.4 Å². The summed E-state index contributed by atoms with van der Waals surface area (Å²) in [5, 5.41) is 14.4. The van der Waals surface area contributed by atoms with Gasteiger partial charge in [-0.15, -0.1) is 0 Å². The average molecular weight is 411 g/mol. The summed E-state index contributed by atoms with van der Waals surface area (Å²) >= 11 is 0. The summed E-state index contributed by atoms with van der Waals surface area (Å²) in [5.74, 6) is -0.533. The first-order chi connectivity index (χ1) is 14.3. The second-order valence-electron chi connectivity index (χ2n) is 7.63. The second kappa shape index (κ2) is 8.94. The lowest BCUT2D eigenvalue weighted by atomic mass is 9.99. The van der Waals surface area contributed by atoms with Crippen molar-refractivity contribution in [3.05, 3.63) is 63.2 Å². The molecular weight excluding hydrogens is 386 g/mol. The number of anilines is 2. The Balaban J connectivity index is 1.87. The number of carbonyl (C=O) groups excluding carboxylic acids is 2. The minimum absolute atomic E-state index is 0.0863. The minimum atomic E-state index is -0.513. The number of amides is 1. The van der Waals surface area contributed by atoms with E-state index < -0.39 is 16.8 Å². The average Bonchev–Trinajstić information content (AvgIpc) is 2.74. The summed E-state index contributed by atoms with van der Waals surface area (Å²) in [6.45, 7) is 5.44. The molecule has 0 spiro atoms. The van der Waals surface area contributed by atoms with Crippen molar-refractivity contribution in [1.82, 2.24) is 0 Å². The topological polar surface area (TPSA) is 102 Å². The smallest absolute Gasteiger partial charge is 0.337 e. The van der Waals surface area contributed by atoms with E-state index in [0.717, 1.165) is 31.5 Å². The van der Waals surface area contributed by atoms with Crippen molar-refractivity contribution in [2.45, 2.75) is 26.7 Å². The number of ether oxygens (including phenoxy) is 1. The number of carbonyl (C=O) groups is 2. The molecule has 1 aliphatic heterocycles. The van der Waals surface area contributed by atoms with Gasteiger partial charge in [-0.2, -0.15) is 0 Å². The number of hydrogen-bond donors (Lipinski definition) is 1. The number of nitrogens with zero attached hydrogens (tertiary/aromatic N) is 2. The van der Waals surface area contributed by atoms with Crippen LogP contribution in [0.3, 0.4) is 0 Å². The lowest BCUT2D eigenvalue weighted by molar-refractivity contribution is -0.384. The Morgan fingerprint density at radius 1 is 1.20 bits per heavy atom. The molecule has 2 aromatic carbocycles. The summed E-state index contributed by atoms with van der Waals surface area (Å²) in [5.41, 5.74) is 2.13. The number of nitro benzene ring substituents is 1. The number of piperidine rings is 1. The standard InChI is InChI=1S/C22H25N3O5/c1-14-5-4-10-24(13-14)19-9-8-16(12-20(19)25(28)29)21(26)23-18-11-17(22(27)30-3)7-6-15(18)2/h6-9,11-12,14H,4-5,10,13H2,1-3H3,(H,23,26)/t14-/m0/s1. The van der Waals surface area contributed by atoms with E-state index in [1.807, 2.05) is 4.90 Å². The molecule has 0 aliphatic carbocycles. The molecule has 0 bridgehead atoms. The van der Waals surface area contributed by atoms with Crippen LogP contribution in [0, 0.1) is 23.0 Å². The molecule has 30 heavy (non-hydrogen) atoms. The molecular formula is C22H25N3O5. The quantitative estimate of drug-likeness (QED) is 0.450. The molecule has 1 amide bonds. The summed E-state index contributed by atoms with van der Waals surface area (Å²) < 4.78 is 4.71. The van der Waals surface area contributed by atoms with Crippen molar-refractivity contribution in [3.63, 3.8) is 0 Å². The van der Waals surface area contributed by atoms with Crippen LogP contribution in [-0.4, -0.2) is 37.0 Å². The molecule has 8 nitrogen and oxygen atoms in total. The Labute approximate surface area is 175 Å². The zero-order valence-electron chi connectivity index (χ0n) is 17.3.